The number of aryl methyl sites for hydroxylation is 1. The topological polar surface area (TPSA) is 106 Å². The summed E-state index contributed by atoms with van der Waals surface area (Å²) in [5.41, 5.74) is 9.97. The zero-order chi connectivity index (χ0) is 17.3. The molecule has 3 rings (SSSR count). The van der Waals surface area contributed by atoms with Crippen LogP contribution in [0.4, 0.5) is 17.5 Å². The number of azo groups is 1. The Morgan fingerprint density at radius 3 is 2.67 bits per heavy atom. The molecule has 0 fully saturated rings. The minimum absolute atomic E-state index is 0.216. The second kappa shape index (κ2) is 6.23. The lowest BCUT2D eigenvalue weighted by Crippen LogP contribution is -2.14. The van der Waals surface area contributed by atoms with Gasteiger partial charge in [0.1, 0.15) is 11.2 Å². The van der Waals surface area contributed by atoms with Gasteiger partial charge in [-0.15, -0.1) is 5.10 Å². The first-order valence-electron chi connectivity index (χ1n) is 7.69. The summed E-state index contributed by atoms with van der Waals surface area (Å²) in [5, 5.41) is 15.4. The number of fused-ring (bicyclic) bond motifs is 1. The van der Waals surface area contributed by atoms with Crippen molar-refractivity contribution in [2.24, 2.45) is 10.2 Å². The van der Waals surface area contributed by atoms with Crippen LogP contribution in [0.5, 0.6) is 0 Å². The molecule has 24 heavy (non-hydrogen) atoms. The number of nitrogens with zero attached hydrogens (tertiary/aromatic N) is 6. The monoisotopic (exact) mass is 324 g/mol. The third kappa shape index (κ3) is 2.90. The fourth-order valence-electron chi connectivity index (χ4n) is 2.54. The minimum Gasteiger partial charge on any atom is -0.366 e. The van der Waals surface area contributed by atoms with E-state index < -0.39 is 0 Å². The molecule has 8 heteroatoms. The highest BCUT2D eigenvalue weighted by Gasteiger charge is 2.15. The first-order valence-corrected chi connectivity index (χ1v) is 7.69. The molecule has 124 valence electrons. The molecule has 3 N–H and O–H groups in total. The lowest BCUT2D eigenvalue weighted by molar-refractivity contribution is 0.867. The third-order valence-corrected chi connectivity index (χ3v) is 3.49. The molecule has 0 bridgehead atoms. The molecule has 0 spiro atoms. The van der Waals surface area contributed by atoms with Crippen molar-refractivity contribution >= 4 is 23.0 Å². The minimum atomic E-state index is 0.216. The Balaban J connectivity index is 2.18. The lowest BCUT2D eigenvalue weighted by atomic mass is 10.1. The van der Waals surface area contributed by atoms with Crippen LogP contribution in [0.1, 0.15) is 19.5 Å². The van der Waals surface area contributed by atoms with Crippen LogP contribution >= 0.6 is 0 Å². The van der Waals surface area contributed by atoms with E-state index in [0.717, 1.165) is 28.2 Å². The number of aromatic nitrogens is 4. The van der Waals surface area contributed by atoms with Crippen molar-refractivity contribution in [3.8, 4) is 11.3 Å². The molecule has 0 aliphatic rings. The number of nitrogens with two attached hydrogens (primary N) is 1. The van der Waals surface area contributed by atoms with Gasteiger partial charge in [0, 0.05) is 24.8 Å². The van der Waals surface area contributed by atoms with E-state index in [1.165, 1.54) is 0 Å². The molecule has 8 nitrogen and oxygen atoms in total. The summed E-state index contributed by atoms with van der Waals surface area (Å²) in [6, 6.07) is 5.99. The summed E-state index contributed by atoms with van der Waals surface area (Å²) >= 11 is 0. The molecule has 0 amide bonds. The van der Waals surface area contributed by atoms with E-state index in [-0.39, 0.29) is 12.0 Å². The van der Waals surface area contributed by atoms with Crippen LogP contribution in [0.15, 0.2) is 34.6 Å². The molecule has 0 saturated heterocycles. The Morgan fingerprint density at radius 2 is 2.00 bits per heavy atom. The van der Waals surface area contributed by atoms with Crippen molar-refractivity contribution in [2.75, 3.05) is 18.1 Å². The van der Waals surface area contributed by atoms with Crippen molar-refractivity contribution in [2.45, 2.75) is 26.8 Å². The predicted molar refractivity (Wildman–Crippen MR) is 94.6 cm³/mol. The van der Waals surface area contributed by atoms with Crippen molar-refractivity contribution in [1.82, 2.24) is 19.6 Å². The molecule has 0 aliphatic carbocycles. The Bertz CT molecular complexity index is 910. The highest BCUT2D eigenvalue weighted by molar-refractivity contribution is 5.87. The number of hydrogen-bond acceptors (Lipinski definition) is 7. The first kappa shape index (κ1) is 15.9. The van der Waals surface area contributed by atoms with Gasteiger partial charge in [-0.2, -0.15) is 15.2 Å². The molecule has 0 saturated carbocycles. The third-order valence-electron chi connectivity index (χ3n) is 3.49. The molecule has 3 aromatic heterocycles. The van der Waals surface area contributed by atoms with Crippen molar-refractivity contribution in [3.05, 3.63) is 30.1 Å². The number of anilines is 2. The lowest BCUT2D eigenvalue weighted by Gasteiger charge is -2.12. The second-order valence-corrected chi connectivity index (χ2v) is 5.74. The van der Waals surface area contributed by atoms with Gasteiger partial charge in [0.05, 0.1) is 11.4 Å². The van der Waals surface area contributed by atoms with Gasteiger partial charge in [0.15, 0.2) is 5.82 Å². The van der Waals surface area contributed by atoms with Crippen molar-refractivity contribution in [3.63, 3.8) is 0 Å². The fourth-order valence-corrected chi connectivity index (χ4v) is 2.54. The van der Waals surface area contributed by atoms with E-state index in [2.05, 4.69) is 30.6 Å². The maximum absolute atomic E-state index is 5.80. The quantitative estimate of drug-likeness (QED) is 0.717. The van der Waals surface area contributed by atoms with Crippen molar-refractivity contribution < 1.29 is 0 Å². The Morgan fingerprint density at radius 1 is 1.21 bits per heavy atom. The van der Waals surface area contributed by atoms with Gasteiger partial charge >= 0.3 is 0 Å². The van der Waals surface area contributed by atoms with Crippen molar-refractivity contribution in [1.29, 1.82) is 0 Å². The highest BCUT2D eigenvalue weighted by Crippen LogP contribution is 2.31. The Labute approximate surface area is 139 Å². The highest BCUT2D eigenvalue weighted by atomic mass is 15.3. The maximum Gasteiger partial charge on any atom is 0.240 e. The fraction of sp³-hybridized carbons (Fsp3) is 0.312. The molecule has 3 heterocycles. The van der Waals surface area contributed by atoms with E-state index in [9.17, 15) is 0 Å². The van der Waals surface area contributed by atoms with Crippen LogP contribution < -0.4 is 11.1 Å². The van der Waals surface area contributed by atoms with Gasteiger partial charge in [-0.25, -0.2) is 4.52 Å². The molecule has 0 unspecified atom stereocenters. The molecule has 3 aromatic rings. The molecule has 0 aromatic carbocycles. The number of pyridine rings is 1. The Kier molecular flexibility index (Phi) is 4.11. The zero-order valence-corrected chi connectivity index (χ0v) is 14.1. The summed E-state index contributed by atoms with van der Waals surface area (Å²) in [6.45, 7) is 6.00. The average Bonchev–Trinajstić information content (AvgIpc) is 2.92. The average molecular weight is 324 g/mol. The van der Waals surface area contributed by atoms with Crippen LogP contribution in [0.2, 0.25) is 0 Å². The summed E-state index contributed by atoms with van der Waals surface area (Å²) in [7, 11) is 1.64. The van der Waals surface area contributed by atoms with Crippen LogP contribution in [0.25, 0.3) is 16.8 Å². The predicted octanol–water partition coefficient (Wildman–Crippen LogP) is 3.22. The van der Waals surface area contributed by atoms with E-state index >= 15 is 0 Å². The summed E-state index contributed by atoms with van der Waals surface area (Å²) < 4.78 is 1.72. The molecular formula is C16H20N8. The second-order valence-electron chi connectivity index (χ2n) is 5.74. The van der Waals surface area contributed by atoms with Crippen LogP contribution in [0, 0.1) is 6.92 Å². The normalized spacial score (nSPS) is 11.7. The van der Waals surface area contributed by atoms with Crippen LogP contribution in [-0.2, 0) is 0 Å². The van der Waals surface area contributed by atoms with Gasteiger partial charge in [-0.05, 0) is 39.0 Å². The standard InChI is InChI=1S/C16H20N8/c1-9(2)19-15-14-11(7-8-24(14)23-16(17)21-15)13-6-5-12(22-18-4)10(3)20-13/h5-9H,1-4H3,(H3,17,19,21,23). The number of hydrogen-bond donors (Lipinski definition) is 2. The summed E-state index contributed by atoms with van der Waals surface area (Å²) in [6.07, 6.45) is 1.85. The van der Waals surface area contributed by atoms with E-state index in [4.69, 9.17) is 5.73 Å². The zero-order valence-electron chi connectivity index (χ0n) is 14.1. The van der Waals surface area contributed by atoms with E-state index in [1.807, 2.05) is 45.2 Å². The van der Waals surface area contributed by atoms with E-state index in [0.29, 0.717) is 5.82 Å². The van der Waals surface area contributed by atoms with Crippen LogP contribution in [-0.4, -0.2) is 32.7 Å². The van der Waals surface area contributed by atoms with Gasteiger partial charge in [0.2, 0.25) is 5.95 Å². The summed E-state index contributed by atoms with van der Waals surface area (Å²) in [4.78, 5) is 8.99. The largest absolute Gasteiger partial charge is 0.366 e. The number of nitrogens with one attached hydrogen (secondary N) is 1. The van der Waals surface area contributed by atoms with Gasteiger partial charge in [0.25, 0.3) is 0 Å². The van der Waals surface area contributed by atoms with Gasteiger partial charge < -0.3 is 11.1 Å². The SMILES string of the molecule is CN=Nc1ccc(-c2ccn3nc(N)nc(NC(C)C)c23)nc1C. The molecule has 0 atom stereocenters. The van der Waals surface area contributed by atoms with E-state index in [1.54, 1.807) is 11.6 Å². The molecule has 0 aliphatic heterocycles. The maximum atomic E-state index is 5.80. The molecule has 0 radical (unpaired) electrons. The molecular weight excluding hydrogens is 304 g/mol. The summed E-state index contributed by atoms with van der Waals surface area (Å²) in [5.74, 6) is 0.907. The van der Waals surface area contributed by atoms with Gasteiger partial charge in [-0.1, -0.05) is 0 Å². The van der Waals surface area contributed by atoms with Gasteiger partial charge in [-0.3, -0.25) is 4.98 Å². The first-order chi connectivity index (χ1) is 11.5. The Hall–Kier alpha value is -3.03. The number of nitrogen functional groups attached to an aromatic ring is 1. The van der Waals surface area contributed by atoms with Crippen LogP contribution in [0.3, 0.4) is 0 Å². The smallest absolute Gasteiger partial charge is 0.240 e. The number of rotatable bonds is 4.